The Labute approximate surface area is 201 Å². The molecule has 7 heteroatoms. The first kappa shape index (κ1) is 25.8. The molecule has 2 aliphatic heterocycles. The average Bonchev–Trinajstić information content (AvgIpc) is 3.37. The molecule has 0 unspecified atom stereocenters. The van der Waals surface area contributed by atoms with Crippen LogP contribution in [0.15, 0.2) is 23.1 Å². The van der Waals surface area contributed by atoms with Gasteiger partial charge in [-0.15, -0.1) is 11.3 Å². The number of thiazole rings is 1. The van der Waals surface area contributed by atoms with Gasteiger partial charge in [0, 0.05) is 29.2 Å². The molecule has 6 nitrogen and oxygen atoms in total. The highest BCUT2D eigenvalue weighted by atomic mass is 32.1. The van der Waals surface area contributed by atoms with Crippen LogP contribution in [0.2, 0.25) is 0 Å². The monoisotopic (exact) mass is 475 g/mol. The van der Waals surface area contributed by atoms with E-state index in [1.807, 2.05) is 32.2 Å². The number of ether oxygens (including phenoxy) is 2. The van der Waals surface area contributed by atoms with Crippen LogP contribution in [0.3, 0.4) is 0 Å². The maximum Gasteiger partial charge on any atom is 0.331 e. The van der Waals surface area contributed by atoms with Gasteiger partial charge in [-0.1, -0.05) is 26.3 Å². The van der Waals surface area contributed by atoms with Crippen molar-refractivity contribution in [2.24, 2.45) is 17.3 Å². The van der Waals surface area contributed by atoms with E-state index in [4.69, 9.17) is 9.47 Å². The number of aliphatic hydroxyl groups excluding tert-OH is 1. The first-order chi connectivity index (χ1) is 15.5. The number of nitrogens with zero attached hydrogens (tertiary/aromatic N) is 1. The van der Waals surface area contributed by atoms with E-state index < -0.39 is 29.5 Å². The number of aliphatic hydroxyl groups is 1. The molecular weight excluding hydrogens is 438 g/mol. The Morgan fingerprint density at radius 2 is 1.97 bits per heavy atom. The molecule has 3 rings (SSSR count). The lowest BCUT2D eigenvalue weighted by atomic mass is 9.76. The number of Topliss-reactive ketones (excluding diaryl/α,β-unsaturated/α-hetero) is 1. The fourth-order valence-corrected chi connectivity index (χ4v) is 5.11. The van der Waals surface area contributed by atoms with E-state index in [0.29, 0.717) is 6.42 Å². The Kier molecular flexibility index (Phi) is 8.30. The maximum absolute atomic E-state index is 13.1. The molecule has 0 radical (unpaired) electrons. The molecule has 3 heterocycles. The summed E-state index contributed by atoms with van der Waals surface area (Å²) >= 11 is 1.58. The number of hydrogen-bond acceptors (Lipinski definition) is 7. The van der Waals surface area contributed by atoms with Crippen LogP contribution in [0.1, 0.15) is 71.0 Å². The van der Waals surface area contributed by atoms with Gasteiger partial charge < -0.3 is 14.6 Å². The quantitative estimate of drug-likeness (QED) is 0.484. The predicted octanol–water partition coefficient (Wildman–Crippen LogP) is 4.89. The number of allylic oxidation sites excluding steroid dienone is 1. The minimum atomic E-state index is -0.889. The number of esters is 1. The summed E-state index contributed by atoms with van der Waals surface area (Å²) in [6.45, 7) is 11.2. The summed E-state index contributed by atoms with van der Waals surface area (Å²) in [6, 6.07) is 0. The molecule has 1 saturated heterocycles. The van der Waals surface area contributed by atoms with Gasteiger partial charge in [-0.3, -0.25) is 4.79 Å². The van der Waals surface area contributed by atoms with Gasteiger partial charge in [0.15, 0.2) is 0 Å². The Hall–Kier alpha value is -1.83. The molecule has 2 aliphatic rings. The lowest BCUT2D eigenvalue weighted by molar-refractivity contribution is -0.141. The normalized spacial score (nSPS) is 34.9. The molecule has 1 aromatic heterocycles. The van der Waals surface area contributed by atoms with Crippen molar-refractivity contribution in [2.45, 2.75) is 91.6 Å². The van der Waals surface area contributed by atoms with Crippen molar-refractivity contribution in [3.63, 3.8) is 0 Å². The van der Waals surface area contributed by atoms with E-state index in [1.165, 1.54) is 6.08 Å². The van der Waals surface area contributed by atoms with Crippen molar-refractivity contribution in [1.29, 1.82) is 0 Å². The second-order valence-corrected chi connectivity index (χ2v) is 11.2. The van der Waals surface area contributed by atoms with E-state index in [1.54, 1.807) is 38.2 Å². The van der Waals surface area contributed by atoms with E-state index in [2.05, 4.69) is 4.98 Å². The lowest BCUT2D eigenvalue weighted by Crippen LogP contribution is -2.38. The van der Waals surface area contributed by atoms with Gasteiger partial charge >= 0.3 is 5.97 Å². The van der Waals surface area contributed by atoms with Crippen molar-refractivity contribution in [1.82, 2.24) is 4.98 Å². The number of carbonyl (C=O) groups excluding carboxylic acids is 2. The van der Waals surface area contributed by atoms with E-state index in [9.17, 15) is 14.7 Å². The molecule has 33 heavy (non-hydrogen) atoms. The van der Waals surface area contributed by atoms with Crippen LogP contribution in [0.4, 0.5) is 0 Å². The lowest BCUT2D eigenvalue weighted by Gasteiger charge is -2.29. The van der Waals surface area contributed by atoms with Crippen molar-refractivity contribution in [3.05, 3.63) is 33.8 Å². The van der Waals surface area contributed by atoms with Gasteiger partial charge in [-0.25, -0.2) is 9.78 Å². The van der Waals surface area contributed by atoms with Crippen LogP contribution in [0, 0.1) is 24.2 Å². The fourth-order valence-electron chi connectivity index (χ4n) is 4.54. The number of aromatic nitrogens is 1. The molecule has 6 atom stereocenters. The van der Waals surface area contributed by atoms with Gasteiger partial charge in [-0.2, -0.15) is 0 Å². The van der Waals surface area contributed by atoms with Crippen molar-refractivity contribution >= 4 is 29.2 Å². The maximum atomic E-state index is 13.1. The predicted molar refractivity (Wildman–Crippen MR) is 130 cm³/mol. The van der Waals surface area contributed by atoms with Crippen LogP contribution in [-0.2, 0) is 19.1 Å². The van der Waals surface area contributed by atoms with Gasteiger partial charge in [-0.05, 0) is 58.1 Å². The fraction of sp³-hybridized carbons (Fsp3) is 0.654. The number of ketones is 1. The van der Waals surface area contributed by atoms with Gasteiger partial charge in [0.1, 0.15) is 11.9 Å². The highest BCUT2D eigenvalue weighted by molar-refractivity contribution is 7.09. The van der Waals surface area contributed by atoms with Gasteiger partial charge in [0.25, 0.3) is 0 Å². The smallest absolute Gasteiger partial charge is 0.331 e. The zero-order chi connectivity index (χ0) is 24.3. The minimum Gasteiger partial charge on any atom is -0.455 e. The zero-order valence-corrected chi connectivity index (χ0v) is 21.4. The number of cyclic esters (lactones) is 1. The molecule has 0 aromatic carbocycles. The van der Waals surface area contributed by atoms with Crippen molar-refractivity contribution in [2.75, 3.05) is 0 Å². The molecule has 1 N–H and O–H groups in total. The Morgan fingerprint density at radius 3 is 2.64 bits per heavy atom. The number of fused-ring (bicyclic) bond motifs is 1. The third-order valence-corrected chi connectivity index (χ3v) is 7.63. The molecule has 182 valence electrons. The van der Waals surface area contributed by atoms with Crippen LogP contribution in [-0.4, -0.2) is 46.3 Å². The van der Waals surface area contributed by atoms with E-state index in [0.717, 1.165) is 35.5 Å². The topological polar surface area (TPSA) is 89.0 Å². The molecule has 1 fully saturated rings. The molecular formula is C26H37NO5S. The summed E-state index contributed by atoms with van der Waals surface area (Å²) in [5.74, 6) is -1.09. The number of rotatable bonds is 2. The Balaban J connectivity index is 1.82. The zero-order valence-electron chi connectivity index (χ0n) is 20.5. The third-order valence-electron chi connectivity index (χ3n) is 6.84. The highest BCUT2D eigenvalue weighted by Crippen LogP contribution is 2.35. The second-order valence-electron chi connectivity index (χ2n) is 10.2. The number of aryl methyl sites for hydroxylation is 1. The van der Waals surface area contributed by atoms with Crippen LogP contribution in [0.25, 0.3) is 6.08 Å². The van der Waals surface area contributed by atoms with Gasteiger partial charge in [0.05, 0.1) is 29.0 Å². The van der Waals surface area contributed by atoms with Crippen molar-refractivity contribution < 1.29 is 24.2 Å². The number of epoxide rings is 1. The summed E-state index contributed by atoms with van der Waals surface area (Å²) in [5, 5.41) is 13.7. The number of carbonyl (C=O) groups is 2. The average molecular weight is 476 g/mol. The standard InChI is InChI=1S/C26H37NO5S/c1-15-8-7-9-20-22(31-20)13-21(16(2)12-19-14-33-18(4)27-19)32-23(28)10-11-26(5,6)25(30)17(3)24(15)29/h10-12,14-15,17,20-22,24,29H,7-9,13H2,1-6H3/b11-10+,16-12?/t15-,17+,20+,21-,22-,24-/m0/s1. The molecule has 0 spiro atoms. The summed E-state index contributed by atoms with van der Waals surface area (Å²) in [5.41, 5.74) is 0.882. The Bertz CT molecular complexity index is 918. The summed E-state index contributed by atoms with van der Waals surface area (Å²) in [4.78, 5) is 30.3. The van der Waals surface area contributed by atoms with Crippen molar-refractivity contribution in [3.8, 4) is 0 Å². The van der Waals surface area contributed by atoms with E-state index in [-0.39, 0.29) is 23.9 Å². The highest BCUT2D eigenvalue weighted by Gasteiger charge is 2.41. The summed E-state index contributed by atoms with van der Waals surface area (Å²) in [6.07, 6.45) is 7.18. The Morgan fingerprint density at radius 1 is 1.24 bits per heavy atom. The third kappa shape index (κ3) is 6.84. The minimum absolute atomic E-state index is 0.0123. The summed E-state index contributed by atoms with van der Waals surface area (Å²) < 4.78 is 11.7. The second kappa shape index (κ2) is 10.6. The van der Waals surface area contributed by atoms with E-state index >= 15 is 0 Å². The van der Waals surface area contributed by atoms with Crippen LogP contribution < -0.4 is 0 Å². The SMILES string of the molecule is CC(=Cc1csc(C)n1)[C@@H]1C[C@@H]2O[C@@H]2CCC[C@H](C)[C@H](O)[C@@H](C)C(=O)C(C)(C)/C=C/C(=O)O1. The summed E-state index contributed by atoms with van der Waals surface area (Å²) in [7, 11) is 0. The molecule has 1 aromatic rings. The molecule has 0 aliphatic carbocycles. The first-order valence-corrected chi connectivity index (χ1v) is 12.7. The largest absolute Gasteiger partial charge is 0.455 e. The van der Waals surface area contributed by atoms with Gasteiger partial charge in [0.2, 0.25) is 0 Å². The molecule has 0 amide bonds. The number of hydrogen-bond donors (Lipinski definition) is 1. The first-order valence-electron chi connectivity index (χ1n) is 11.9. The molecule has 0 saturated carbocycles. The van der Waals surface area contributed by atoms with Crippen LogP contribution >= 0.6 is 11.3 Å². The van der Waals surface area contributed by atoms with Crippen LogP contribution in [0.5, 0.6) is 0 Å². The molecule has 0 bridgehead atoms.